The van der Waals surface area contributed by atoms with Crippen LogP contribution in [-0.2, 0) is 0 Å². The number of carbonyl (C=O) groups is 1. The molecule has 4 aromatic rings. The van der Waals surface area contributed by atoms with Crippen LogP contribution < -0.4 is 16.0 Å². The molecule has 0 spiro atoms. The van der Waals surface area contributed by atoms with Crippen molar-refractivity contribution in [1.82, 2.24) is 19.9 Å². The van der Waals surface area contributed by atoms with Gasteiger partial charge in [-0.1, -0.05) is 53.5 Å². The van der Waals surface area contributed by atoms with Gasteiger partial charge in [-0.2, -0.15) is 9.61 Å². The van der Waals surface area contributed by atoms with Gasteiger partial charge in [0.2, 0.25) is 0 Å². The molecule has 7 nitrogen and oxygen atoms in total. The molecule has 0 saturated heterocycles. The number of carbonyl (C=O) groups excluding carboxylic acids is 1. The molecule has 0 aliphatic heterocycles. The van der Waals surface area contributed by atoms with Crippen LogP contribution in [0.4, 0.5) is 16.3 Å². The van der Waals surface area contributed by atoms with E-state index in [2.05, 4.69) is 37.0 Å². The Hall–Kier alpha value is -2.81. The Labute approximate surface area is 209 Å². The second kappa shape index (κ2) is 10.9. The summed E-state index contributed by atoms with van der Waals surface area (Å²) >= 11 is 15.9. The van der Waals surface area contributed by atoms with E-state index >= 15 is 0 Å². The van der Waals surface area contributed by atoms with Gasteiger partial charge in [-0.3, -0.25) is 0 Å². The van der Waals surface area contributed by atoms with E-state index in [1.54, 1.807) is 22.8 Å². The molecule has 0 aliphatic rings. The minimum absolute atomic E-state index is 0.280. The zero-order valence-electron chi connectivity index (χ0n) is 17.5. The molecule has 2 aromatic carbocycles. The summed E-state index contributed by atoms with van der Waals surface area (Å²) in [5.41, 5.74) is 2.90. The molecule has 3 N–H and O–H groups in total. The molecule has 0 saturated carbocycles. The van der Waals surface area contributed by atoms with E-state index in [4.69, 9.17) is 28.2 Å². The van der Waals surface area contributed by atoms with Crippen molar-refractivity contribution < 1.29 is 4.79 Å². The molecule has 2 heterocycles. The zero-order valence-corrected chi connectivity index (χ0v) is 20.6. The predicted molar refractivity (Wildman–Crippen MR) is 137 cm³/mol. The SMILES string of the molecule is O=C(NCCCCNc1cc(-c2ccccc2Cl)nc2c(Br)cnn12)Nc1ccccc1Cl. The van der Waals surface area contributed by atoms with Gasteiger partial charge >= 0.3 is 6.03 Å². The Morgan fingerprint density at radius 1 is 1.00 bits per heavy atom. The molecule has 2 aromatic heterocycles. The van der Waals surface area contributed by atoms with Crippen LogP contribution in [0.15, 0.2) is 65.3 Å². The molecule has 170 valence electrons. The standard InChI is InChI=1S/C23H21BrCl2N6O/c24-16-14-29-32-21(13-20(30-22(16)32)15-7-1-2-8-17(15)25)27-11-5-6-12-28-23(33)31-19-10-4-3-9-18(19)26/h1-4,7-10,13-14,27H,5-6,11-12H2,(H2,28,31,33). The Morgan fingerprint density at radius 3 is 2.52 bits per heavy atom. The van der Waals surface area contributed by atoms with Gasteiger partial charge in [-0.15, -0.1) is 0 Å². The van der Waals surface area contributed by atoms with Gasteiger partial charge in [0.15, 0.2) is 5.65 Å². The molecule has 33 heavy (non-hydrogen) atoms. The van der Waals surface area contributed by atoms with Gasteiger partial charge in [-0.25, -0.2) is 9.78 Å². The quantitative estimate of drug-likeness (QED) is 0.220. The minimum atomic E-state index is -0.280. The number of urea groups is 1. The van der Waals surface area contributed by atoms with E-state index in [0.29, 0.717) is 34.5 Å². The van der Waals surface area contributed by atoms with Crippen molar-refractivity contribution in [2.75, 3.05) is 23.7 Å². The predicted octanol–water partition coefficient (Wildman–Crippen LogP) is 6.48. The lowest BCUT2D eigenvalue weighted by Crippen LogP contribution is -2.29. The average Bonchev–Trinajstić information content (AvgIpc) is 3.18. The summed E-state index contributed by atoms with van der Waals surface area (Å²) in [7, 11) is 0. The van der Waals surface area contributed by atoms with Crippen molar-refractivity contribution in [3.8, 4) is 11.3 Å². The van der Waals surface area contributed by atoms with Crippen molar-refractivity contribution in [3.63, 3.8) is 0 Å². The Kier molecular flexibility index (Phi) is 7.69. The number of para-hydroxylation sites is 1. The van der Waals surface area contributed by atoms with Gasteiger partial charge in [0.05, 0.1) is 27.1 Å². The highest BCUT2D eigenvalue weighted by molar-refractivity contribution is 9.10. The molecule has 0 radical (unpaired) electrons. The highest BCUT2D eigenvalue weighted by Gasteiger charge is 2.13. The maximum atomic E-state index is 12.0. The maximum absolute atomic E-state index is 12.0. The number of amides is 2. The number of anilines is 2. The number of nitrogens with one attached hydrogen (secondary N) is 3. The van der Waals surface area contributed by atoms with Crippen molar-refractivity contribution in [3.05, 3.63) is 75.3 Å². The lowest BCUT2D eigenvalue weighted by atomic mass is 10.1. The second-order valence-electron chi connectivity index (χ2n) is 7.23. The normalized spacial score (nSPS) is 10.9. The third-order valence-electron chi connectivity index (χ3n) is 4.90. The zero-order chi connectivity index (χ0) is 23.2. The van der Waals surface area contributed by atoms with Gasteiger partial charge in [-0.05, 0) is 47.0 Å². The molecule has 0 aliphatic carbocycles. The second-order valence-corrected chi connectivity index (χ2v) is 8.90. The number of aromatic nitrogens is 3. The molecule has 0 fully saturated rings. The fraction of sp³-hybridized carbons (Fsp3) is 0.174. The summed E-state index contributed by atoms with van der Waals surface area (Å²) in [6.45, 7) is 1.24. The number of unbranched alkanes of at least 4 members (excludes halogenated alkanes) is 1. The van der Waals surface area contributed by atoms with Crippen LogP contribution in [0.5, 0.6) is 0 Å². The van der Waals surface area contributed by atoms with Crippen molar-refractivity contribution in [2.45, 2.75) is 12.8 Å². The number of nitrogens with zero attached hydrogens (tertiary/aromatic N) is 3. The monoisotopic (exact) mass is 546 g/mol. The largest absolute Gasteiger partial charge is 0.370 e. The number of fused-ring (bicyclic) bond motifs is 1. The fourth-order valence-electron chi connectivity index (χ4n) is 3.27. The first-order chi connectivity index (χ1) is 16.0. The van der Waals surface area contributed by atoms with E-state index in [1.807, 2.05) is 42.5 Å². The molecular formula is C23H21BrCl2N6O. The van der Waals surface area contributed by atoms with Crippen LogP contribution in [0.3, 0.4) is 0 Å². The van der Waals surface area contributed by atoms with Gasteiger partial charge in [0.25, 0.3) is 0 Å². The van der Waals surface area contributed by atoms with Crippen LogP contribution in [0.25, 0.3) is 16.9 Å². The van der Waals surface area contributed by atoms with E-state index in [9.17, 15) is 4.79 Å². The summed E-state index contributed by atoms with van der Waals surface area (Å²) in [6, 6.07) is 16.4. The summed E-state index contributed by atoms with van der Waals surface area (Å²) in [4.78, 5) is 16.7. The Balaban J connectivity index is 1.32. The summed E-state index contributed by atoms with van der Waals surface area (Å²) in [5.74, 6) is 0.810. The molecule has 0 bridgehead atoms. The topological polar surface area (TPSA) is 83.3 Å². The molecule has 0 atom stereocenters. The van der Waals surface area contributed by atoms with Crippen LogP contribution in [0.2, 0.25) is 10.0 Å². The number of hydrogen-bond acceptors (Lipinski definition) is 4. The number of rotatable bonds is 8. The number of halogens is 3. The van der Waals surface area contributed by atoms with Crippen LogP contribution >= 0.6 is 39.1 Å². The molecule has 0 unspecified atom stereocenters. The first kappa shape index (κ1) is 23.4. The third kappa shape index (κ3) is 5.76. The molecular weight excluding hydrogens is 527 g/mol. The third-order valence-corrected chi connectivity index (χ3v) is 6.11. The average molecular weight is 548 g/mol. The summed E-state index contributed by atoms with van der Waals surface area (Å²) in [5, 5.41) is 14.5. The number of benzene rings is 2. The Bertz CT molecular complexity index is 1280. The number of hydrogen-bond donors (Lipinski definition) is 3. The van der Waals surface area contributed by atoms with Crippen LogP contribution in [-0.4, -0.2) is 33.7 Å². The van der Waals surface area contributed by atoms with Gasteiger partial charge < -0.3 is 16.0 Å². The molecule has 4 rings (SSSR count). The van der Waals surface area contributed by atoms with Crippen LogP contribution in [0, 0.1) is 0 Å². The van der Waals surface area contributed by atoms with Gasteiger partial charge in [0, 0.05) is 29.7 Å². The maximum Gasteiger partial charge on any atom is 0.319 e. The molecule has 2 amide bonds. The summed E-state index contributed by atoms with van der Waals surface area (Å²) < 4.78 is 2.55. The lowest BCUT2D eigenvalue weighted by Gasteiger charge is -2.12. The Morgan fingerprint density at radius 2 is 1.73 bits per heavy atom. The highest BCUT2D eigenvalue weighted by Crippen LogP contribution is 2.30. The molecule has 10 heteroatoms. The van der Waals surface area contributed by atoms with E-state index in [0.717, 1.165) is 34.4 Å². The van der Waals surface area contributed by atoms with Gasteiger partial charge in [0.1, 0.15) is 5.82 Å². The van der Waals surface area contributed by atoms with E-state index < -0.39 is 0 Å². The van der Waals surface area contributed by atoms with E-state index in [-0.39, 0.29) is 6.03 Å². The van der Waals surface area contributed by atoms with Crippen LogP contribution in [0.1, 0.15) is 12.8 Å². The van der Waals surface area contributed by atoms with Crippen molar-refractivity contribution in [2.24, 2.45) is 0 Å². The van der Waals surface area contributed by atoms with Crippen molar-refractivity contribution >= 4 is 62.3 Å². The minimum Gasteiger partial charge on any atom is -0.370 e. The lowest BCUT2D eigenvalue weighted by molar-refractivity contribution is 0.252. The van der Waals surface area contributed by atoms with E-state index in [1.165, 1.54) is 0 Å². The highest BCUT2D eigenvalue weighted by atomic mass is 79.9. The van der Waals surface area contributed by atoms with Crippen molar-refractivity contribution in [1.29, 1.82) is 0 Å². The first-order valence-electron chi connectivity index (χ1n) is 10.4. The fourth-order valence-corrected chi connectivity index (χ4v) is 4.03. The summed E-state index contributed by atoms with van der Waals surface area (Å²) in [6.07, 6.45) is 3.36. The first-order valence-corrected chi connectivity index (χ1v) is 11.9. The smallest absolute Gasteiger partial charge is 0.319 e.